The molecular formula is C17H20N2O4. The van der Waals surface area contributed by atoms with E-state index in [2.05, 4.69) is 5.32 Å². The second-order valence-corrected chi connectivity index (χ2v) is 6.18. The molecule has 2 aliphatic heterocycles. The maximum absolute atomic E-state index is 12.6. The molecule has 6 nitrogen and oxygen atoms in total. The van der Waals surface area contributed by atoms with Gasteiger partial charge in [0, 0.05) is 25.1 Å². The maximum Gasteiger partial charge on any atom is 0.253 e. The van der Waals surface area contributed by atoms with Crippen LogP contribution in [0.25, 0.3) is 0 Å². The van der Waals surface area contributed by atoms with Gasteiger partial charge in [-0.15, -0.1) is 0 Å². The largest absolute Gasteiger partial charge is 0.497 e. The molecule has 122 valence electrons. The van der Waals surface area contributed by atoms with E-state index in [4.69, 9.17) is 4.74 Å². The van der Waals surface area contributed by atoms with Crippen molar-refractivity contribution >= 4 is 17.7 Å². The number of carbonyl (C=O) groups excluding carboxylic acids is 3. The van der Waals surface area contributed by atoms with Crippen molar-refractivity contribution in [1.82, 2.24) is 10.2 Å². The average Bonchev–Trinajstić information content (AvgIpc) is 2.59. The summed E-state index contributed by atoms with van der Waals surface area (Å²) in [6, 6.07) is 7.07. The van der Waals surface area contributed by atoms with Gasteiger partial charge >= 0.3 is 0 Å². The number of ether oxygens (including phenoxy) is 1. The molecule has 23 heavy (non-hydrogen) atoms. The van der Waals surface area contributed by atoms with Crippen molar-refractivity contribution in [2.75, 3.05) is 20.2 Å². The molecule has 0 radical (unpaired) electrons. The van der Waals surface area contributed by atoms with E-state index in [0.29, 0.717) is 50.1 Å². The summed E-state index contributed by atoms with van der Waals surface area (Å²) in [5.41, 5.74) is 0.0996. The minimum absolute atomic E-state index is 0.0500. The van der Waals surface area contributed by atoms with Crippen LogP contribution in [0, 0.1) is 5.41 Å². The van der Waals surface area contributed by atoms with E-state index >= 15 is 0 Å². The Morgan fingerprint density at radius 3 is 2.61 bits per heavy atom. The molecule has 3 rings (SSSR count). The van der Waals surface area contributed by atoms with Crippen molar-refractivity contribution in [3.63, 3.8) is 0 Å². The van der Waals surface area contributed by atoms with Crippen LogP contribution in [0.3, 0.4) is 0 Å². The van der Waals surface area contributed by atoms with Gasteiger partial charge in [0.1, 0.15) is 5.75 Å². The zero-order chi connectivity index (χ0) is 16.4. The fourth-order valence-corrected chi connectivity index (χ4v) is 3.34. The molecule has 6 heteroatoms. The number of methoxy groups -OCH3 is 1. The molecular weight excluding hydrogens is 296 g/mol. The molecule has 3 amide bonds. The number of likely N-dealkylation sites (tertiary alicyclic amines) is 1. The van der Waals surface area contributed by atoms with E-state index in [-0.39, 0.29) is 17.7 Å². The third-order valence-electron chi connectivity index (χ3n) is 4.89. The summed E-state index contributed by atoms with van der Waals surface area (Å²) < 4.78 is 5.15. The van der Waals surface area contributed by atoms with Crippen molar-refractivity contribution in [3.8, 4) is 5.75 Å². The molecule has 1 spiro atoms. The molecule has 0 aromatic heterocycles. The van der Waals surface area contributed by atoms with Crippen LogP contribution in [0.1, 0.15) is 36.0 Å². The summed E-state index contributed by atoms with van der Waals surface area (Å²) >= 11 is 0. The topological polar surface area (TPSA) is 75.7 Å². The molecule has 0 atom stereocenters. The number of carbonyl (C=O) groups is 3. The fraction of sp³-hybridized carbons (Fsp3) is 0.471. The zero-order valence-corrected chi connectivity index (χ0v) is 13.1. The van der Waals surface area contributed by atoms with Gasteiger partial charge in [0.15, 0.2) is 0 Å². The minimum Gasteiger partial charge on any atom is -0.497 e. The predicted octanol–water partition coefficient (Wildman–Crippen LogP) is 1.35. The summed E-state index contributed by atoms with van der Waals surface area (Å²) in [7, 11) is 1.57. The van der Waals surface area contributed by atoms with Crippen molar-refractivity contribution in [2.45, 2.75) is 25.7 Å². The molecule has 1 aromatic rings. The van der Waals surface area contributed by atoms with Gasteiger partial charge in [0.05, 0.1) is 12.5 Å². The first-order valence-electron chi connectivity index (χ1n) is 7.82. The van der Waals surface area contributed by atoms with Gasteiger partial charge in [0.25, 0.3) is 5.91 Å². The quantitative estimate of drug-likeness (QED) is 0.836. The van der Waals surface area contributed by atoms with Crippen LogP contribution in [0.5, 0.6) is 5.75 Å². The van der Waals surface area contributed by atoms with E-state index < -0.39 is 5.41 Å². The first-order valence-corrected chi connectivity index (χ1v) is 7.82. The summed E-state index contributed by atoms with van der Waals surface area (Å²) in [6.45, 7) is 1.05. The molecule has 1 N–H and O–H groups in total. The SMILES string of the molecule is COc1cccc(C(=O)N2CCC3(CCC(=O)NC3=O)CC2)c1. The second kappa shape index (κ2) is 6.02. The highest BCUT2D eigenvalue weighted by molar-refractivity contribution is 6.01. The van der Waals surface area contributed by atoms with E-state index in [1.807, 2.05) is 0 Å². The first-order chi connectivity index (χ1) is 11.0. The highest BCUT2D eigenvalue weighted by atomic mass is 16.5. The number of hydrogen-bond acceptors (Lipinski definition) is 4. The highest BCUT2D eigenvalue weighted by Crippen LogP contribution is 2.38. The van der Waals surface area contributed by atoms with Gasteiger partial charge in [-0.05, 0) is 37.5 Å². The number of amides is 3. The van der Waals surface area contributed by atoms with Crippen LogP contribution < -0.4 is 10.1 Å². The van der Waals surface area contributed by atoms with E-state index in [9.17, 15) is 14.4 Å². The minimum atomic E-state index is -0.487. The lowest BCUT2D eigenvalue weighted by molar-refractivity contribution is -0.144. The molecule has 0 bridgehead atoms. The van der Waals surface area contributed by atoms with Crippen molar-refractivity contribution in [2.24, 2.45) is 5.41 Å². The second-order valence-electron chi connectivity index (χ2n) is 6.18. The first kappa shape index (κ1) is 15.5. The molecule has 0 aliphatic carbocycles. The maximum atomic E-state index is 12.6. The fourth-order valence-electron chi connectivity index (χ4n) is 3.34. The molecule has 2 heterocycles. The lowest BCUT2D eigenvalue weighted by Gasteiger charge is -2.42. The Balaban J connectivity index is 1.67. The predicted molar refractivity (Wildman–Crippen MR) is 82.9 cm³/mol. The Hall–Kier alpha value is -2.37. The number of imide groups is 1. The number of nitrogens with zero attached hydrogens (tertiary/aromatic N) is 1. The molecule has 1 aromatic carbocycles. The van der Waals surface area contributed by atoms with Crippen molar-refractivity contribution in [3.05, 3.63) is 29.8 Å². The zero-order valence-electron chi connectivity index (χ0n) is 13.1. The Kier molecular flexibility index (Phi) is 4.07. The smallest absolute Gasteiger partial charge is 0.253 e. The number of rotatable bonds is 2. The molecule has 2 aliphatic rings. The lowest BCUT2D eigenvalue weighted by Crippen LogP contribution is -2.54. The standard InChI is InChI=1S/C17H20N2O4/c1-23-13-4-2-3-12(11-13)15(21)19-9-7-17(8-10-19)6-5-14(20)18-16(17)22/h2-4,11H,5-10H2,1H3,(H,18,20,22). The van der Waals surface area contributed by atoms with Crippen LogP contribution in [0.4, 0.5) is 0 Å². The van der Waals surface area contributed by atoms with Gasteiger partial charge in [-0.1, -0.05) is 6.07 Å². The summed E-state index contributed by atoms with van der Waals surface area (Å²) in [4.78, 5) is 37.8. The summed E-state index contributed by atoms with van der Waals surface area (Å²) in [5.74, 6) is 0.221. The molecule has 0 unspecified atom stereocenters. The number of hydrogen-bond donors (Lipinski definition) is 1. The normalized spacial score (nSPS) is 20.3. The van der Waals surface area contributed by atoms with Crippen LogP contribution in [-0.4, -0.2) is 42.8 Å². The number of nitrogens with one attached hydrogen (secondary N) is 1. The Labute approximate surface area is 134 Å². The number of benzene rings is 1. The average molecular weight is 316 g/mol. The summed E-state index contributed by atoms with van der Waals surface area (Å²) in [5, 5.41) is 2.43. The lowest BCUT2D eigenvalue weighted by atomic mass is 9.72. The third kappa shape index (κ3) is 2.93. The van der Waals surface area contributed by atoms with Crippen LogP contribution in [-0.2, 0) is 9.59 Å². The number of piperidine rings is 2. The Morgan fingerprint density at radius 1 is 1.22 bits per heavy atom. The van der Waals surface area contributed by atoms with Crippen LogP contribution >= 0.6 is 0 Å². The van der Waals surface area contributed by atoms with E-state index in [1.54, 1.807) is 36.3 Å². The third-order valence-corrected chi connectivity index (χ3v) is 4.89. The van der Waals surface area contributed by atoms with Gasteiger partial charge in [-0.2, -0.15) is 0 Å². The van der Waals surface area contributed by atoms with Gasteiger partial charge in [0.2, 0.25) is 11.8 Å². The highest BCUT2D eigenvalue weighted by Gasteiger charge is 2.45. The molecule has 2 fully saturated rings. The molecule has 0 saturated carbocycles. The van der Waals surface area contributed by atoms with E-state index in [0.717, 1.165) is 0 Å². The molecule has 2 saturated heterocycles. The van der Waals surface area contributed by atoms with Gasteiger partial charge < -0.3 is 9.64 Å². The van der Waals surface area contributed by atoms with Crippen molar-refractivity contribution in [1.29, 1.82) is 0 Å². The summed E-state index contributed by atoms with van der Waals surface area (Å²) in [6.07, 6.45) is 2.16. The van der Waals surface area contributed by atoms with E-state index in [1.165, 1.54) is 0 Å². The van der Waals surface area contributed by atoms with Gasteiger partial charge in [-0.3, -0.25) is 19.7 Å². The van der Waals surface area contributed by atoms with Crippen LogP contribution in [0.2, 0.25) is 0 Å². The Bertz CT molecular complexity index is 648. The van der Waals surface area contributed by atoms with Gasteiger partial charge in [-0.25, -0.2) is 0 Å². The Morgan fingerprint density at radius 2 is 1.96 bits per heavy atom. The van der Waals surface area contributed by atoms with Crippen LogP contribution in [0.15, 0.2) is 24.3 Å². The monoisotopic (exact) mass is 316 g/mol. The van der Waals surface area contributed by atoms with Crippen molar-refractivity contribution < 1.29 is 19.1 Å².